The van der Waals surface area contributed by atoms with Crippen LogP contribution in [0.4, 0.5) is 13.2 Å². The molecule has 2 N–H and O–H groups in total. The summed E-state index contributed by atoms with van der Waals surface area (Å²) < 4.78 is 44.8. The van der Waals surface area contributed by atoms with Crippen LogP contribution in [0.1, 0.15) is 42.1 Å². The van der Waals surface area contributed by atoms with E-state index in [4.69, 9.17) is 10.2 Å². The molecule has 2 aromatic carbocycles. The summed E-state index contributed by atoms with van der Waals surface area (Å²) in [6, 6.07) is 6.89. The molecule has 5 rings (SSSR count). The van der Waals surface area contributed by atoms with Gasteiger partial charge in [-0.05, 0) is 49.3 Å². The monoisotopic (exact) mass is 483 g/mol. The van der Waals surface area contributed by atoms with E-state index in [-0.39, 0.29) is 18.5 Å². The van der Waals surface area contributed by atoms with Gasteiger partial charge in [-0.2, -0.15) is 14.6 Å². The molecule has 4 aromatic rings. The van der Waals surface area contributed by atoms with Crippen molar-refractivity contribution in [1.82, 2.24) is 24.9 Å². The Hall–Kier alpha value is -3.82. The molecule has 0 radical (unpaired) electrons. The van der Waals surface area contributed by atoms with Gasteiger partial charge in [-0.25, -0.2) is 8.78 Å². The normalized spacial score (nSPS) is 18.2. The molecule has 182 valence electrons. The van der Waals surface area contributed by atoms with Gasteiger partial charge in [0.1, 0.15) is 0 Å². The molecule has 0 spiro atoms. The third-order valence-corrected chi connectivity index (χ3v) is 6.68. The number of hydrogen-bond donors (Lipinski definition) is 2. The Labute approximate surface area is 199 Å². The molecule has 0 unspecified atom stereocenters. The summed E-state index contributed by atoms with van der Waals surface area (Å²) in [6.07, 6.45) is 9.20. The standard InChI is InChI=1S/C25H24F3N5O2/c1-32-12-17(11-30-32)15-4-5-16-13-33(31-21(16)8-15)18-6-2-14(3-7-18)10-29-25(35)19-9-20(26)24(34)23(28)22(19)27/h4-5,8-9,11-14,18,34H,2-3,6-7,10H2,1H3,(H,29,35). The fourth-order valence-electron chi connectivity index (χ4n) is 4.67. The molecule has 1 amide bonds. The number of aromatic nitrogens is 4. The average molecular weight is 483 g/mol. The number of aryl methyl sites for hydroxylation is 1. The number of nitrogens with one attached hydrogen (secondary N) is 1. The molecule has 0 bridgehead atoms. The molecule has 7 nitrogen and oxygen atoms in total. The van der Waals surface area contributed by atoms with Crippen LogP contribution in [-0.4, -0.2) is 37.1 Å². The molecular formula is C25H24F3N5O2. The van der Waals surface area contributed by atoms with Crippen molar-refractivity contribution in [3.63, 3.8) is 0 Å². The first-order valence-corrected chi connectivity index (χ1v) is 11.4. The van der Waals surface area contributed by atoms with Gasteiger partial charge in [-0.3, -0.25) is 14.2 Å². The number of carbonyl (C=O) groups excluding carboxylic acids is 1. The number of aromatic hydroxyl groups is 1. The number of halogens is 3. The molecule has 1 fully saturated rings. The van der Waals surface area contributed by atoms with E-state index in [0.717, 1.165) is 47.7 Å². The van der Waals surface area contributed by atoms with Crippen LogP contribution in [0.5, 0.6) is 5.75 Å². The quantitative estimate of drug-likeness (QED) is 0.402. The van der Waals surface area contributed by atoms with E-state index >= 15 is 0 Å². The van der Waals surface area contributed by atoms with Crippen molar-refractivity contribution in [3.05, 3.63) is 65.9 Å². The molecule has 2 aromatic heterocycles. The lowest BCUT2D eigenvalue weighted by Gasteiger charge is -2.28. The Morgan fingerprint density at radius 1 is 1.09 bits per heavy atom. The second-order valence-corrected chi connectivity index (χ2v) is 9.05. The summed E-state index contributed by atoms with van der Waals surface area (Å²) in [6.45, 7) is 0.269. The fraction of sp³-hybridized carbons (Fsp3) is 0.320. The van der Waals surface area contributed by atoms with Crippen LogP contribution < -0.4 is 5.32 Å². The average Bonchev–Trinajstić information content (AvgIpc) is 3.49. The Balaban J connectivity index is 1.19. The van der Waals surface area contributed by atoms with E-state index in [0.29, 0.717) is 6.07 Å². The Morgan fingerprint density at radius 3 is 2.57 bits per heavy atom. The van der Waals surface area contributed by atoms with Crippen LogP contribution in [-0.2, 0) is 7.05 Å². The first-order valence-electron chi connectivity index (χ1n) is 11.4. The number of phenolic OH excluding ortho intramolecular Hbond substituents is 1. The van der Waals surface area contributed by atoms with Crippen LogP contribution in [0, 0.1) is 23.4 Å². The minimum Gasteiger partial charge on any atom is -0.503 e. The van der Waals surface area contributed by atoms with Gasteiger partial charge in [0.15, 0.2) is 17.4 Å². The molecule has 1 aliphatic carbocycles. The highest BCUT2D eigenvalue weighted by Gasteiger charge is 2.26. The van der Waals surface area contributed by atoms with Crippen LogP contribution >= 0.6 is 0 Å². The largest absolute Gasteiger partial charge is 0.503 e. The molecule has 1 saturated carbocycles. The summed E-state index contributed by atoms with van der Waals surface area (Å²) in [7, 11) is 1.88. The zero-order chi connectivity index (χ0) is 24.7. The van der Waals surface area contributed by atoms with E-state index in [9.17, 15) is 18.0 Å². The van der Waals surface area contributed by atoms with E-state index in [2.05, 4.69) is 28.6 Å². The highest BCUT2D eigenvalue weighted by molar-refractivity contribution is 5.94. The van der Waals surface area contributed by atoms with E-state index in [1.54, 1.807) is 4.68 Å². The summed E-state index contributed by atoms with van der Waals surface area (Å²) >= 11 is 0. The van der Waals surface area contributed by atoms with E-state index in [1.165, 1.54) is 0 Å². The molecular weight excluding hydrogens is 459 g/mol. The lowest BCUT2D eigenvalue weighted by molar-refractivity contribution is 0.0935. The highest BCUT2D eigenvalue weighted by Crippen LogP contribution is 2.33. The van der Waals surface area contributed by atoms with Gasteiger partial charge in [0.25, 0.3) is 5.91 Å². The zero-order valence-corrected chi connectivity index (χ0v) is 19.0. The molecule has 0 atom stereocenters. The molecule has 35 heavy (non-hydrogen) atoms. The first-order chi connectivity index (χ1) is 16.8. The van der Waals surface area contributed by atoms with Crippen molar-refractivity contribution >= 4 is 16.8 Å². The topological polar surface area (TPSA) is 85.0 Å². The van der Waals surface area contributed by atoms with Gasteiger partial charge in [0.05, 0.1) is 23.3 Å². The number of phenols is 1. The van der Waals surface area contributed by atoms with Crippen molar-refractivity contribution in [1.29, 1.82) is 0 Å². The maximum Gasteiger partial charge on any atom is 0.254 e. The van der Waals surface area contributed by atoms with Crippen LogP contribution in [0.15, 0.2) is 42.9 Å². The lowest BCUT2D eigenvalue weighted by Crippen LogP contribution is -2.32. The van der Waals surface area contributed by atoms with Crippen molar-refractivity contribution in [2.24, 2.45) is 13.0 Å². The van der Waals surface area contributed by atoms with Crippen molar-refractivity contribution in [2.75, 3.05) is 6.54 Å². The number of amides is 1. The zero-order valence-electron chi connectivity index (χ0n) is 19.0. The van der Waals surface area contributed by atoms with E-state index in [1.807, 2.05) is 30.3 Å². The molecule has 10 heteroatoms. The molecule has 2 heterocycles. The Bertz CT molecular complexity index is 1410. The number of hydrogen-bond acceptors (Lipinski definition) is 4. The molecule has 0 saturated heterocycles. The Kier molecular flexibility index (Phi) is 5.96. The van der Waals surface area contributed by atoms with Gasteiger partial charge in [0, 0.05) is 36.9 Å². The number of fused-ring (bicyclic) bond motifs is 1. The van der Waals surface area contributed by atoms with Gasteiger partial charge < -0.3 is 10.4 Å². The SMILES string of the molecule is Cn1cc(-c2ccc3cn(C4CCC(CNC(=O)c5cc(F)c(O)c(F)c5F)CC4)nc3c2)cn1. The van der Waals surface area contributed by atoms with Crippen LogP contribution in [0.25, 0.3) is 22.0 Å². The number of carbonyl (C=O) groups is 1. The third kappa shape index (κ3) is 4.48. The number of nitrogens with zero attached hydrogens (tertiary/aromatic N) is 4. The predicted octanol–water partition coefficient (Wildman–Crippen LogP) is 4.72. The maximum atomic E-state index is 13.9. The first kappa shape index (κ1) is 22.9. The Morgan fingerprint density at radius 2 is 1.86 bits per heavy atom. The van der Waals surface area contributed by atoms with E-state index < -0.39 is 34.7 Å². The minimum atomic E-state index is -1.77. The van der Waals surface area contributed by atoms with Crippen molar-refractivity contribution < 1.29 is 23.1 Å². The van der Waals surface area contributed by atoms with Crippen LogP contribution in [0.3, 0.4) is 0 Å². The summed E-state index contributed by atoms with van der Waals surface area (Å²) in [5.41, 5.74) is 2.24. The maximum absolute atomic E-state index is 13.9. The minimum absolute atomic E-state index is 0.159. The highest BCUT2D eigenvalue weighted by atomic mass is 19.2. The van der Waals surface area contributed by atoms with Gasteiger partial charge >= 0.3 is 0 Å². The molecule has 0 aliphatic heterocycles. The summed E-state index contributed by atoms with van der Waals surface area (Å²) in [5, 5.41) is 21.8. The van der Waals surface area contributed by atoms with Crippen LogP contribution in [0.2, 0.25) is 0 Å². The van der Waals surface area contributed by atoms with Gasteiger partial charge in [0.2, 0.25) is 5.82 Å². The summed E-state index contributed by atoms with van der Waals surface area (Å²) in [5.74, 6) is -6.90. The summed E-state index contributed by atoms with van der Waals surface area (Å²) in [4.78, 5) is 12.3. The fourth-order valence-corrected chi connectivity index (χ4v) is 4.67. The van der Waals surface area contributed by atoms with Crippen molar-refractivity contribution in [2.45, 2.75) is 31.7 Å². The van der Waals surface area contributed by atoms with Gasteiger partial charge in [-0.1, -0.05) is 12.1 Å². The second-order valence-electron chi connectivity index (χ2n) is 9.05. The van der Waals surface area contributed by atoms with Gasteiger partial charge in [-0.15, -0.1) is 0 Å². The predicted molar refractivity (Wildman–Crippen MR) is 123 cm³/mol. The lowest BCUT2D eigenvalue weighted by atomic mass is 9.86. The number of benzene rings is 2. The smallest absolute Gasteiger partial charge is 0.254 e. The number of rotatable bonds is 5. The third-order valence-electron chi connectivity index (χ3n) is 6.68. The molecule has 1 aliphatic rings. The van der Waals surface area contributed by atoms with Crippen molar-refractivity contribution in [3.8, 4) is 16.9 Å². The second kappa shape index (κ2) is 9.09.